The summed E-state index contributed by atoms with van der Waals surface area (Å²) in [6.45, 7) is 3.57. The zero-order valence-electron chi connectivity index (χ0n) is 34.1. The number of fused-ring (bicyclic) bond motifs is 2. The predicted octanol–water partition coefficient (Wildman–Crippen LogP) is 9.83. The molecule has 10 nitrogen and oxygen atoms in total. The van der Waals surface area contributed by atoms with Gasteiger partial charge in [0.25, 0.3) is 0 Å². The molecule has 4 aromatic heterocycles. The number of aryl methyl sites for hydroxylation is 2. The van der Waals surface area contributed by atoms with Crippen LogP contribution in [0.15, 0.2) is 107 Å². The van der Waals surface area contributed by atoms with E-state index >= 15 is 0 Å². The minimum absolute atomic E-state index is 0.00916. The Morgan fingerprint density at radius 2 is 1.02 bits per heavy atom. The molecule has 4 N–H and O–H groups in total. The smallest absolute Gasteiger partial charge is 0.223 e. The second-order valence-electron chi connectivity index (χ2n) is 16.4. The molecule has 12 heteroatoms. The third-order valence-corrected chi connectivity index (χ3v) is 13.5. The monoisotopic (exact) mass is 934 g/mol. The van der Waals surface area contributed by atoms with Gasteiger partial charge in [-0.05, 0) is 132 Å². The molecule has 0 bridgehead atoms. The number of ketones is 2. The number of halogens is 2. The van der Waals surface area contributed by atoms with Gasteiger partial charge in [-0.1, -0.05) is 60.7 Å². The van der Waals surface area contributed by atoms with Crippen LogP contribution in [0.4, 0.5) is 0 Å². The van der Waals surface area contributed by atoms with Gasteiger partial charge in [-0.3, -0.25) is 29.1 Å². The van der Waals surface area contributed by atoms with Crippen molar-refractivity contribution in [3.63, 3.8) is 0 Å². The quantitative estimate of drug-likeness (QED) is 0.0855. The van der Waals surface area contributed by atoms with E-state index in [1.165, 1.54) is 11.1 Å². The van der Waals surface area contributed by atoms with Gasteiger partial charge in [-0.2, -0.15) is 0 Å². The Balaban J connectivity index is 0.000000181. The first-order valence-corrected chi connectivity index (χ1v) is 22.6. The zero-order chi connectivity index (χ0) is 42.2. The fourth-order valence-electron chi connectivity index (χ4n) is 8.69. The second kappa shape index (κ2) is 20.1. The van der Waals surface area contributed by atoms with Crippen LogP contribution in [-0.4, -0.2) is 55.4 Å². The largest absolute Gasteiger partial charge is 0.357 e. The van der Waals surface area contributed by atoms with Crippen LogP contribution in [0.25, 0.3) is 21.8 Å². The van der Waals surface area contributed by atoms with E-state index in [1.54, 1.807) is 38.6 Å². The number of rotatable bonds is 14. The average molecular weight is 937 g/mol. The number of hydrogen-bond acceptors (Lipinski definition) is 6. The molecular formula is C48H52Br2N6O4. The molecule has 4 heterocycles. The number of Topliss-reactive ketones (excluding diaryl/α,β-unsaturated/α-hetero) is 2. The highest BCUT2D eigenvalue weighted by molar-refractivity contribution is 9.11. The van der Waals surface area contributed by atoms with E-state index in [0.29, 0.717) is 37.5 Å². The topological polar surface area (TPSA) is 150 Å². The number of H-pyrrole nitrogens is 2. The van der Waals surface area contributed by atoms with Crippen molar-refractivity contribution in [1.29, 1.82) is 0 Å². The van der Waals surface area contributed by atoms with Gasteiger partial charge in [0.1, 0.15) is 0 Å². The summed E-state index contributed by atoms with van der Waals surface area (Å²) in [5, 5.41) is 8.02. The normalized spacial score (nSPS) is 19.7. The Hall–Kier alpha value is -4.94. The molecule has 2 aromatic carbocycles. The number of aromatic amines is 2. The average Bonchev–Trinajstić information content (AvgIpc) is 4.10. The van der Waals surface area contributed by atoms with Crippen molar-refractivity contribution in [2.24, 2.45) is 11.8 Å². The number of nitrogens with zero attached hydrogens (tertiary/aromatic N) is 2. The summed E-state index contributed by atoms with van der Waals surface area (Å²) >= 11 is 6.99. The molecule has 0 radical (unpaired) electrons. The Morgan fingerprint density at radius 1 is 0.617 bits per heavy atom. The highest BCUT2D eigenvalue weighted by Crippen LogP contribution is 2.39. The SMILES string of the molecule is C[C@H](NC(=O)[C@@H]1CC[C@@H](c2ccccc2)C1)C(=O)CCc1cc2c(Br)cncc2[nH]1.C[C@H](NC(=O)[C@@H]1CC[C@@H](c2ccccc2)C1)C(=O)CCc1cc2c(Br)cncc2[nH]1. The molecule has 2 aliphatic carbocycles. The minimum Gasteiger partial charge on any atom is -0.357 e. The second-order valence-corrected chi connectivity index (χ2v) is 18.1. The molecule has 0 unspecified atom stereocenters. The summed E-state index contributed by atoms with van der Waals surface area (Å²) < 4.78 is 1.86. The third kappa shape index (κ3) is 10.9. The highest BCUT2D eigenvalue weighted by atomic mass is 79.9. The van der Waals surface area contributed by atoms with Gasteiger partial charge in [-0.15, -0.1) is 0 Å². The minimum atomic E-state index is -0.467. The summed E-state index contributed by atoms with van der Waals surface area (Å²) in [7, 11) is 0. The molecule has 0 aliphatic heterocycles. The van der Waals surface area contributed by atoms with Crippen molar-refractivity contribution >= 4 is 77.0 Å². The van der Waals surface area contributed by atoms with Crippen molar-refractivity contribution in [3.05, 3.63) is 129 Å². The molecule has 0 saturated heterocycles. The maximum Gasteiger partial charge on any atom is 0.223 e. The van der Waals surface area contributed by atoms with Crippen LogP contribution in [0.2, 0.25) is 0 Å². The molecule has 6 atom stereocenters. The number of amides is 2. The fraction of sp³-hybridized carbons (Fsp3) is 0.375. The summed E-state index contributed by atoms with van der Waals surface area (Å²) in [6, 6.07) is 23.9. The van der Waals surface area contributed by atoms with Crippen LogP contribution >= 0.6 is 31.9 Å². The van der Waals surface area contributed by atoms with E-state index in [0.717, 1.165) is 80.7 Å². The lowest BCUT2D eigenvalue weighted by Crippen LogP contribution is -2.41. The molecule has 2 aliphatic rings. The Kier molecular flexibility index (Phi) is 14.4. The van der Waals surface area contributed by atoms with Crippen molar-refractivity contribution in [3.8, 4) is 0 Å². The van der Waals surface area contributed by atoms with Gasteiger partial charge in [-0.25, -0.2) is 0 Å². The van der Waals surface area contributed by atoms with Gasteiger partial charge in [0.05, 0.1) is 35.5 Å². The number of carbonyl (C=O) groups excluding carboxylic acids is 4. The van der Waals surface area contributed by atoms with Crippen LogP contribution in [0.3, 0.4) is 0 Å². The lowest BCUT2D eigenvalue weighted by atomic mass is 9.96. The number of hydrogen-bond donors (Lipinski definition) is 4. The van der Waals surface area contributed by atoms with Gasteiger partial charge in [0, 0.05) is 68.2 Å². The lowest BCUT2D eigenvalue weighted by molar-refractivity contribution is -0.129. The summed E-state index contributed by atoms with van der Waals surface area (Å²) in [5.41, 5.74) is 6.48. The molecule has 312 valence electrons. The van der Waals surface area contributed by atoms with Gasteiger partial charge >= 0.3 is 0 Å². The highest BCUT2D eigenvalue weighted by Gasteiger charge is 2.33. The Bertz CT molecular complexity index is 2260. The van der Waals surface area contributed by atoms with E-state index in [2.05, 4.69) is 86.7 Å². The van der Waals surface area contributed by atoms with E-state index in [-0.39, 0.29) is 35.2 Å². The molecule has 6 aromatic rings. The Morgan fingerprint density at radius 3 is 1.40 bits per heavy atom. The standard InChI is InChI=1S/2C24H26BrN3O2/c2*1-15(23(29)10-9-19-12-20-21(25)13-26-14-22(20)28-19)27-24(30)18-8-7-17(11-18)16-5-3-2-4-6-16/h2*2-6,12-15,17-18,28H,7-11H2,1H3,(H,27,30)/t2*15-,17+,18+/m00/s1. The summed E-state index contributed by atoms with van der Waals surface area (Å²) in [4.78, 5) is 65.5. The predicted molar refractivity (Wildman–Crippen MR) is 243 cm³/mol. The molecule has 8 rings (SSSR count). The van der Waals surface area contributed by atoms with Gasteiger partial charge < -0.3 is 20.6 Å². The summed E-state index contributed by atoms with van der Waals surface area (Å²) in [5.74, 6) is 0.971. The molecule has 2 saturated carbocycles. The maximum atomic E-state index is 12.7. The molecule has 2 amide bonds. The Labute approximate surface area is 367 Å². The van der Waals surface area contributed by atoms with E-state index < -0.39 is 12.1 Å². The maximum absolute atomic E-state index is 12.7. The number of pyridine rings is 2. The first-order chi connectivity index (χ1) is 29.0. The van der Waals surface area contributed by atoms with E-state index in [1.807, 2.05) is 48.5 Å². The molecule has 0 spiro atoms. The zero-order valence-corrected chi connectivity index (χ0v) is 37.2. The number of carbonyl (C=O) groups is 4. The van der Waals surface area contributed by atoms with Crippen LogP contribution in [-0.2, 0) is 32.0 Å². The third-order valence-electron chi connectivity index (χ3n) is 12.2. The first-order valence-electron chi connectivity index (χ1n) is 21.0. The van der Waals surface area contributed by atoms with Crippen LogP contribution in [0, 0.1) is 11.8 Å². The summed E-state index contributed by atoms with van der Waals surface area (Å²) in [6.07, 6.45) is 14.6. The van der Waals surface area contributed by atoms with Gasteiger partial charge in [0.15, 0.2) is 11.6 Å². The van der Waals surface area contributed by atoms with Gasteiger partial charge in [0.2, 0.25) is 11.8 Å². The van der Waals surface area contributed by atoms with Crippen LogP contribution in [0.1, 0.15) is 99.6 Å². The van der Waals surface area contributed by atoms with Crippen molar-refractivity contribution in [2.45, 2.75) is 102 Å². The van der Waals surface area contributed by atoms with E-state index in [9.17, 15) is 19.2 Å². The number of benzene rings is 2. The fourth-order valence-corrected chi connectivity index (χ4v) is 9.58. The number of nitrogens with one attached hydrogen (secondary N) is 4. The van der Waals surface area contributed by atoms with Crippen molar-refractivity contribution in [2.75, 3.05) is 0 Å². The van der Waals surface area contributed by atoms with E-state index in [4.69, 9.17) is 0 Å². The number of aromatic nitrogens is 4. The van der Waals surface area contributed by atoms with Crippen LogP contribution in [0.5, 0.6) is 0 Å². The first kappa shape index (κ1) is 43.2. The molecular weight excluding hydrogens is 884 g/mol. The van der Waals surface area contributed by atoms with Crippen molar-refractivity contribution in [1.82, 2.24) is 30.6 Å². The molecule has 60 heavy (non-hydrogen) atoms. The molecule has 2 fully saturated rings. The van der Waals surface area contributed by atoms with Crippen molar-refractivity contribution < 1.29 is 19.2 Å². The lowest BCUT2D eigenvalue weighted by Gasteiger charge is -2.16. The van der Waals surface area contributed by atoms with Crippen LogP contribution < -0.4 is 10.6 Å².